The fourth-order valence-corrected chi connectivity index (χ4v) is 5.38. The highest BCUT2D eigenvalue weighted by Gasteiger charge is 2.32. The molecule has 0 amide bonds. The largest absolute Gasteiger partial charge is 0.0918 e. The Morgan fingerprint density at radius 1 is 0.850 bits per heavy atom. The summed E-state index contributed by atoms with van der Waals surface area (Å²) in [5.41, 5.74) is 2.68. The van der Waals surface area contributed by atoms with E-state index >= 15 is 0 Å². The van der Waals surface area contributed by atoms with Crippen LogP contribution in [0.25, 0.3) is 0 Å². The van der Waals surface area contributed by atoms with Crippen LogP contribution in [-0.2, 0) is 11.8 Å². The van der Waals surface area contributed by atoms with Gasteiger partial charge in [0.25, 0.3) is 0 Å². The van der Waals surface area contributed by atoms with Crippen LogP contribution in [0.4, 0.5) is 0 Å². The van der Waals surface area contributed by atoms with E-state index in [-0.39, 0.29) is 5.41 Å². The smallest absolute Gasteiger partial charge is 0.0213 e. The molecule has 4 heteroatoms. The molecule has 2 aromatic carbocycles. The maximum absolute atomic E-state index is 3.72. The molecule has 0 bridgehead atoms. The molecule has 0 radical (unpaired) electrons. The Morgan fingerprint density at radius 3 is 2.15 bits per heavy atom. The van der Waals surface area contributed by atoms with Crippen LogP contribution in [0.5, 0.6) is 0 Å². The lowest BCUT2D eigenvalue weighted by Gasteiger charge is -2.32. The highest BCUT2D eigenvalue weighted by atomic mass is 79.9. The highest BCUT2D eigenvalue weighted by molar-refractivity contribution is 9.11. The van der Waals surface area contributed by atoms with Gasteiger partial charge >= 0.3 is 0 Å². The Morgan fingerprint density at radius 2 is 1.55 bits per heavy atom. The van der Waals surface area contributed by atoms with Crippen molar-refractivity contribution in [3.63, 3.8) is 0 Å². The molecule has 0 aliphatic rings. The van der Waals surface area contributed by atoms with Gasteiger partial charge in [0.1, 0.15) is 0 Å². The first-order chi connectivity index (χ1) is 9.61. The molecule has 0 nitrogen and oxygen atoms in total. The minimum absolute atomic E-state index is 0.0287. The topological polar surface area (TPSA) is 0 Å². The first-order valence-corrected chi connectivity index (χ1v) is 10.1. The summed E-state index contributed by atoms with van der Waals surface area (Å²) >= 11 is 14.7. The van der Waals surface area contributed by atoms with Gasteiger partial charge in [0.15, 0.2) is 0 Å². The van der Waals surface area contributed by atoms with E-state index in [1.165, 1.54) is 11.1 Å². The van der Waals surface area contributed by atoms with Crippen molar-refractivity contribution >= 4 is 63.7 Å². The molecule has 0 saturated carbocycles. The lowest BCUT2D eigenvalue weighted by atomic mass is 9.79. The minimum atomic E-state index is 0.0287. The number of halogens is 4. The van der Waals surface area contributed by atoms with Gasteiger partial charge in [-0.2, -0.15) is 0 Å². The first-order valence-electron chi connectivity index (χ1n) is 6.23. The van der Waals surface area contributed by atoms with Crippen molar-refractivity contribution < 1.29 is 0 Å². The van der Waals surface area contributed by atoms with Crippen LogP contribution >= 0.6 is 63.7 Å². The lowest BCUT2D eigenvalue weighted by Crippen LogP contribution is -2.33. The van der Waals surface area contributed by atoms with Crippen molar-refractivity contribution in [2.45, 2.75) is 11.8 Å². The molecule has 0 aromatic heterocycles. The second-order valence-corrected chi connectivity index (χ2v) is 7.73. The molecule has 20 heavy (non-hydrogen) atoms. The molecule has 0 N–H and O–H groups in total. The predicted molar refractivity (Wildman–Crippen MR) is 101 cm³/mol. The molecule has 0 heterocycles. The Kier molecular flexibility index (Phi) is 6.33. The zero-order chi connectivity index (χ0) is 14.6. The molecule has 0 atom stereocenters. The van der Waals surface area contributed by atoms with Crippen LogP contribution < -0.4 is 0 Å². The molecule has 2 aromatic rings. The summed E-state index contributed by atoms with van der Waals surface area (Å²) in [5.74, 6) is 0. The number of alkyl halides is 2. The molecule has 0 fully saturated rings. The SMILES string of the molecule is BrCC(CBr)(Cc1cccc(Br)c1)c1ccccc1Br. The van der Waals surface area contributed by atoms with Gasteiger partial charge < -0.3 is 0 Å². The van der Waals surface area contributed by atoms with Crippen LogP contribution in [0.3, 0.4) is 0 Å². The second-order valence-electron chi connectivity index (χ2n) is 4.83. The third-order valence-corrected chi connectivity index (χ3v) is 6.72. The Balaban J connectivity index is 2.42. The van der Waals surface area contributed by atoms with Crippen LogP contribution in [0.15, 0.2) is 57.5 Å². The molecule has 0 spiro atoms. The maximum atomic E-state index is 3.72. The molecule has 0 unspecified atom stereocenters. The van der Waals surface area contributed by atoms with E-state index in [4.69, 9.17) is 0 Å². The predicted octanol–water partition coefficient (Wildman–Crippen LogP) is 6.48. The first kappa shape index (κ1) is 16.7. The number of hydrogen-bond acceptors (Lipinski definition) is 0. The molecule has 2 rings (SSSR count). The van der Waals surface area contributed by atoms with E-state index in [1.807, 2.05) is 0 Å². The summed E-state index contributed by atoms with van der Waals surface area (Å²) in [6.45, 7) is 0. The van der Waals surface area contributed by atoms with Crippen LogP contribution in [0, 0.1) is 0 Å². The zero-order valence-corrected chi connectivity index (χ0v) is 17.1. The molecule has 0 saturated heterocycles. The van der Waals surface area contributed by atoms with E-state index in [2.05, 4.69) is 112 Å². The monoisotopic (exact) mass is 522 g/mol. The fraction of sp³-hybridized carbons (Fsp3) is 0.250. The van der Waals surface area contributed by atoms with Gasteiger partial charge in [0.05, 0.1) is 0 Å². The van der Waals surface area contributed by atoms with Gasteiger partial charge in [0, 0.05) is 25.0 Å². The summed E-state index contributed by atoms with van der Waals surface area (Å²) in [6.07, 6.45) is 0.978. The number of benzene rings is 2. The molecular weight excluding hydrogens is 512 g/mol. The van der Waals surface area contributed by atoms with E-state index in [1.54, 1.807) is 0 Å². The summed E-state index contributed by atoms with van der Waals surface area (Å²) < 4.78 is 2.29. The summed E-state index contributed by atoms with van der Waals surface area (Å²) in [4.78, 5) is 0. The summed E-state index contributed by atoms with van der Waals surface area (Å²) in [6, 6.07) is 17.0. The van der Waals surface area contributed by atoms with Gasteiger partial charge in [0.2, 0.25) is 0 Å². The van der Waals surface area contributed by atoms with Crippen molar-refractivity contribution in [2.24, 2.45) is 0 Å². The third-order valence-electron chi connectivity index (χ3n) is 3.39. The van der Waals surface area contributed by atoms with E-state index < -0.39 is 0 Å². The molecule has 0 aliphatic carbocycles. The number of hydrogen-bond donors (Lipinski definition) is 0. The molecule has 106 valence electrons. The fourth-order valence-electron chi connectivity index (χ4n) is 2.30. The van der Waals surface area contributed by atoms with E-state index in [0.717, 1.165) is 26.0 Å². The third kappa shape index (κ3) is 3.76. The van der Waals surface area contributed by atoms with Crippen molar-refractivity contribution in [1.82, 2.24) is 0 Å². The van der Waals surface area contributed by atoms with E-state index in [0.29, 0.717) is 0 Å². The van der Waals surface area contributed by atoms with Gasteiger partial charge in [-0.05, 0) is 35.7 Å². The Labute approximate surface area is 153 Å². The lowest BCUT2D eigenvalue weighted by molar-refractivity contribution is 0.548. The van der Waals surface area contributed by atoms with Crippen LogP contribution in [0.2, 0.25) is 0 Å². The Hall–Kier alpha value is 0.360. The minimum Gasteiger partial charge on any atom is -0.0918 e. The average molecular weight is 526 g/mol. The second kappa shape index (κ2) is 7.57. The van der Waals surface area contributed by atoms with Gasteiger partial charge in [-0.15, -0.1) is 0 Å². The normalized spacial score (nSPS) is 11.6. The molecule has 0 aliphatic heterocycles. The maximum Gasteiger partial charge on any atom is 0.0213 e. The number of rotatable bonds is 5. The van der Waals surface area contributed by atoms with Crippen molar-refractivity contribution in [3.8, 4) is 0 Å². The Bertz CT molecular complexity index is 576. The summed E-state index contributed by atoms with van der Waals surface area (Å²) in [7, 11) is 0. The summed E-state index contributed by atoms with van der Waals surface area (Å²) in [5, 5.41) is 1.81. The standard InChI is InChI=1S/C16H14Br4/c17-10-16(11-18,14-6-1-2-7-15(14)20)9-12-4-3-5-13(19)8-12/h1-8H,9-11H2. The average Bonchev–Trinajstić information content (AvgIpc) is 2.46. The van der Waals surface area contributed by atoms with E-state index in [9.17, 15) is 0 Å². The quantitative estimate of drug-likeness (QED) is 0.392. The zero-order valence-electron chi connectivity index (χ0n) is 10.8. The molecular formula is C16H14Br4. The van der Waals surface area contributed by atoms with Crippen LogP contribution in [0.1, 0.15) is 11.1 Å². The van der Waals surface area contributed by atoms with Crippen molar-refractivity contribution in [1.29, 1.82) is 0 Å². The van der Waals surface area contributed by atoms with Gasteiger partial charge in [-0.25, -0.2) is 0 Å². The highest BCUT2D eigenvalue weighted by Crippen LogP contribution is 2.37. The van der Waals surface area contributed by atoms with Crippen molar-refractivity contribution in [3.05, 3.63) is 68.6 Å². The van der Waals surface area contributed by atoms with Crippen LogP contribution in [-0.4, -0.2) is 10.7 Å². The van der Waals surface area contributed by atoms with Crippen molar-refractivity contribution in [2.75, 3.05) is 10.7 Å². The van der Waals surface area contributed by atoms with Gasteiger partial charge in [-0.3, -0.25) is 0 Å². The van der Waals surface area contributed by atoms with Gasteiger partial charge in [-0.1, -0.05) is 94.1 Å².